The van der Waals surface area contributed by atoms with Crippen LogP contribution >= 0.6 is 11.3 Å². The molecule has 62 valence electrons. The average molecular weight is 171 g/mol. The Balaban J connectivity index is 2.60. The van der Waals surface area contributed by atoms with E-state index >= 15 is 0 Å². The lowest BCUT2D eigenvalue weighted by Gasteiger charge is -2.04. The maximum atomic E-state index is 9.46. The summed E-state index contributed by atoms with van der Waals surface area (Å²) in [5.41, 5.74) is 6.32. The molecule has 0 aromatic carbocycles. The first-order chi connectivity index (χ1) is 5.24. The summed E-state index contributed by atoms with van der Waals surface area (Å²) in [6.45, 7) is 2.57. The Hall–Kier alpha value is -0.380. The second-order valence-electron chi connectivity index (χ2n) is 2.58. The van der Waals surface area contributed by atoms with Gasteiger partial charge in [0, 0.05) is 4.88 Å². The van der Waals surface area contributed by atoms with Crippen LogP contribution in [-0.2, 0) is 0 Å². The van der Waals surface area contributed by atoms with E-state index in [4.69, 9.17) is 5.73 Å². The van der Waals surface area contributed by atoms with Crippen LogP contribution in [0.1, 0.15) is 23.0 Å². The summed E-state index contributed by atoms with van der Waals surface area (Å²) in [6.07, 6.45) is 0.279. The monoisotopic (exact) mass is 171 g/mol. The summed E-state index contributed by atoms with van der Waals surface area (Å²) in [5, 5.41) is 11.4. The zero-order valence-electron chi connectivity index (χ0n) is 6.58. The van der Waals surface area contributed by atoms with Gasteiger partial charge in [0.2, 0.25) is 0 Å². The molecule has 1 heterocycles. The van der Waals surface area contributed by atoms with Gasteiger partial charge in [-0.3, -0.25) is 0 Å². The molecule has 2 nitrogen and oxygen atoms in total. The van der Waals surface area contributed by atoms with Crippen LogP contribution < -0.4 is 5.73 Å². The van der Waals surface area contributed by atoms with Crippen molar-refractivity contribution in [3.8, 4) is 0 Å². The van der Waals surface area contributed by atoms with Crippen molar-refractivity contribution >= 4 is 11.3 Å². The Morgan fingerprint density at radius 2 is 2.45 bits per heavy atom. The fourth-order valence-electron chi connectivity index (χ4n) is 0.963. The number of aliphatic hydroxyl groups excluding tert-OH is 1. The first-order valence-corrected chi connectivity index (χ1v) is 4.55. The molecule has 0 fully saturated rings. The number of aliphatic hydroxyl groups is 1. The zero-order valence-corrected chi connectivity index (χ0v) is 7.40. The molecule has 0 aliphatic heterocycles. The highest BCUT2D eigenvalue weighted by molar-refractivity contribution is 7.10. The van der Waals surface area contributed by atoms with Crippen molar-refractivity contribution in [2.45, 2.75) is 19.4 Å². The highest BCUT2D eigenvalue weighted by atomic mass is 32.1. The molecule has 11 heavy (non-hydrogen) atoms. The van der Waals surface area contributed by atoms with Crippen LogP contribution in [0.3, 0.4) is 0 Å². The molecule has 0 saturated heterocycles. The van der Waals surface area contributed by atoms with Crippen molar-refractivity contribution in [1.29, 1.82) is 0 Å². The average Bonchev–Trinajstić information content (AvgIpc) is 2.36. The van der Waals surface area contributed by atoms with Crippen LogP contribution in [0, 0.1) is 6.92 Å². The van der Waals surface area contributed by atoms with Gasteiger partial charge in [-0.05, 0) is 36.9 Å². The zero-order chi connectivity index (χ0) is 8.27. The van der Waals surface area contributed by atoms with E-state index in [1.54, 1.807) is 11.3 Å². The number of aryl methyl sites for hydroxylation is 1. The SMILES string of the molecule is Cc1cc(C(O)CCN)cs1. The molecule has 3 N–H and O–H groups in total. The molecule has 1 aromatic heterocycles. The van der Waals surface area contributed by atoms with E-state index in [2.05, 4.69) is 0 Å². The van der Waals surface area contributed by atoms with Gasteiger partial charge < -0.3 is 10.8 Å². The smallest absolute Gasteiger partial charge is 0.0810 e. The lowest BCUT2D eigenvalue weighted by Crippen LogP contribution is -2.05. The van der Waals surface area contributed by atoms with Gasteiger partial charge in [0.1, 0.15) is 0 Å². The first-order valence-electron chi connectivity index (χ1n) is 3.67. The second kappa shape index (κ2) is 3.85. The largest absolute Gasteiger partial charge is 0.388 e. The fraction of sp³-hybridized carbons (Fsp3) is 0.500. The lowest BCUT2D eigenvalue weighted by atomic mass is 10.1. The number of rotatable bonds is 3. The standard InChI is InChI=1S/C8H13NOS/c1-6-4-7(5-11-6)8(10)2-3-9/h4-5,8,10H,2-3,9H2,1H3. The van der Waals surface area contributed by atoms with Gasteiger partial charge in [-0.25, -0.2) is 0 Å². The minimum absolute atomic E-state index is 0.370. The molecule has 1 atom stereocenters. The first kappa shape index (κ1) is 8.71. The summed E-state index contributed by atoms with van der Waals surface area (Å²) in [5.74, 6) is 0. The molecular formula is C8H13NOS. The van der Waals surface area contributed by atoms with Crippen LogP contribution in [0.5, 0.6) is 0 Å². The third kappa shape index (κ3) is 2.29. The minimum Gasteiger partial charge on any atom is -0.388 e. The summed E-state index contributed by atoms with van der Waals surface area (Å²) >= 11 is 1.66. The minimum atomic E-state index is -0.370. The molecule has 0 spiro atoms. The van der Waals surface area contributed by atoms with Gasteiger partial charge in [-0.2, -0.15) is 0 Å². The summed E-state index contributed by atoms with van der Waals surface area (Å²) in [7, 11) is 0. The molecule has 0 aliphatic carbocycles. The van der Waals surface area contributed by atoms with Crippen molar-refractivity contribution in [3.05, 3.63) is 21.9 Å². The molecule has 3 heteroatoms. The molecule has 0 saturated carbocycles. The molecule has 0 bridgehead atoms. The van der Waals surface area contributed by atoms with Gasteiger partial charge in [-0.1, -0.05) is 0 Å². The van der Waals surface area contributed by atoms with E-state index < -0.39 is 0 Å². The summed E-state index contributed by atoms with van der Waals surface area (Å²) in [4.78, 5) is 1.23. The van der Waals surface area contributed by atoms with Crippen LogP contribution in [0.25, 0.3) is 0 Å². The predicted molar refractivity (Wildman–Crippen MR) is 47.7 cm³/mol. The normalized spacial score (nSPS) is 13.4. The van der Waals surface area contributed by atoms with E-state index in [9.17, 15) is 5.11 Å². The Morgan fingerprint density at radius 3 is 2.91 bits per heavy atom. The summed E-state index contributed by atoms with van der Waals surface area (Å²) in [6, 6.07) is 2.00. The predicted octanol–water partition coefficient (Wildman–Crippen LogP) is 1.44. The molecule has 0 radical (unpaired) electrons. The molecule has 0 aliphatic rings. The van der Waals surface area contributed by atoms with Gasteiger partial charge in [0.25, 0.3) is 0 Å². The summed E-state index contributed by atoms with van der Waals surface area (Å²) < 4.78 is 0. The van der Waals surface area contributed by atoms with E-state index in [0.29, 0.717) is 13.0 Å². The number of nitrogens with two attached hydrogens (primary N) is 1. The Morgan fingerprint density at radius 1 is 1.73 bits per heavy atom. The number of thiophene rings is 1. The van der Waals surface area contributed by atoms with Crippen molar-refractivity contribution in [2.24, 2.45) is 5.73 Å². The van der Waals surface area contributed by atoms with E-state index in [0.717, 1.165) is 5.56 Å². The Labute approximate surface area is 70.7 Å². The highest BCUT2D eigenvalue weighted by Gasteiger charge is 2.06. The van der Waals surface area contributed by atoms with E-state index in [1.807, 2.05) is 18.4 Å². The van der Waals surface area contributed by atoms with E-state index in [-0.39, 0.29) is 6.10 Å². The van der Waals surface area contributed by atoms with Crippen molar-refractivity contribution in [2.75, 3.05) is 6.54 Å². The molecule has 1 rings (SSSR count). The third-order valence-electron chi connectivity index (χ3n) is 1.58. The van der Waals surface area contributed by atoms with Crippen LogP contribution in [0.15, 0.2) is 11.4 Å². The van der Waals surface area contributed by atoms with E-state index in [1.165, 1.54) is 4.88 Å². The molecule has 0 amide bonds. The van der Waals surface area contributed by atoms with Crippen LogP contribution in [-0.4, -0.2) is 11.7 Å². The fourth-order valence-corrected chi connectivity index (χ4v) is 1.71. The lowest BCUT2D eigenvalue weighted by molar-refractivity contribution is 0.171. The number of hydrogen-bond acceptors (Lipinski definition) is 3. The highest BCUT2D eigenvalue weighted by Crippen LogP contribution is 2.21. The quantitative estimate of drug-likeness (QED) is 0.723. The Bertz CT molecular complexity index is 222. The molecular weight excluding hydrogens is 158 g/mol. The molecule has 1 aromatic rings. The van der Waals surface area contributed by atoms with Gasteiger partial charge >= 0.3 is 0 Å². The van der Waals surface area contributed by atoms with Gasteiger partial charge in [-0.15, -0.1) is 11.3 Å². The second-order valence-corrected chi connectivity index (χ2v) is 3.70. The third-order valence-corrected chi connectivity index (χ3v) is 2.46. The van der Waals surface area contributed by atoms with Gasteiger partial charge in [0.05, 0.1) is 6.10 Å². The van der Waals surface area contributed by atoms with Crippen LogP contribution in [0.4, 0.5) is 0 Å². The van der Waals surface area contributed by atoms with Crippen molar-refractivity contribution in [3.63, 3.8) is 0 Å². The van der Waals surface area contributed by atoms with Crippen molar-refractivity contribution < 1.29 is 5.11 Å². The Kier molecular flexibility index (Phi) is 3.05. The van der Waals surface area contributed by atoms with Gasteiger partial charge in [0.15, 0.2) is 0 Å². The van der Waals surface area contributed by atoms with Crippen LogP contribution in [0.2, 0.25) is 0 Å². The maximum absolute atomic E-state index is 9.46. The molecule has 1 unspecified atom stereocenters. The number of hydrogen-bond donors (Lipinski definition) is 2. The topological polar surface area (TPSA) is 46.2 Å². The maximum Gasteiger partial charge on any atom is 0.0810 e. The van der Waals surface area contributed by atoms with Crippen molar-refractivity contribution in [1.82, 2.24) is 0 Å².